The normalized spacial score (nSPS) is 10.8. The van der Waals surface area contributed by atoms with Gasteiger partial charge in [-0.2, -0.15) is 5.10 Å². The summed E-state index contributed by atoms with van der Waals surface area (Å²) in [5, 5.41) is 5.77. The third kappa shape index (κ3) is 2.39. The summed E-state index contributed by atoms with van der Waals surface area (Å²) in [6.07, 6.45) is 0. The van der Waals surface area contributed by atoms with Crippen LogP contribution in [-0.4, -0.2) is 9.78 Å². The van der Waals surface area contributed by atoms with Crippen LogP contribution in [-0.2, 0) is 7.05 Å². The van der Waals surface area contributed by atoms with Crippen molar-refractivity contribution in [3.63, 3.8) is 0 Å². The Kier molecular flexibility index (Phi) is 3.62. The number of rotatable bonds is 2. The van der Waals surface area contributed by atoms with Gasteiger partial charge < -0.3 is 5.73 Å². The molecule has 2 aromatic carbocycles. The number of halogens is 2. The van der Waals surface area contributed by atoms with Crippen molar-refractivity contribution in [1.29, 1.82) is 0 Å². The first-order valence-corrected chi connectivity index (χ1v) is 7.17. The van der Waals surface area contributed by atoms with Crippen LogP contribution in [0.1, 0.15) is 0 Å². The Morgan fingerprint density at radius 2 is 1.43 bits per heavy atom. The molecule has 5 heteroatoms. The zero-order valence-corrected chi connectivity index (χ0v) is 12.9. The summed E-state index contributed by atoms with van der Waals surface area (Å²) in [4.78, 5) is 0. The Morgan fingerprint density at radius 3 is 2.00 bits per heavy atom. The van der Waals surface area contributed by atoms with E-state index in [1.807, 2.05) is 48.5 Å². The van der Waals surface area contributed by atoms with E-state index in [0.29, 0.717) is 15.9 Å². The van der Waals surface area contributed by atoms with Crippen molar-refractivity contribution >= 4 is 29.0 Å². The summed E-state index contributed by atoms with van der Waals surface area (Å²) >= 11 is 12.6. The molecule has 0 saturated heterocycles. The van der Waals surface area contributed by atoms with Crippen molar-refractivity contribution < 1.29 is 0 Å². The molecule has 2 N–H and O–H groups in total. The van der Waals surface area contributed by atoms with Gasteiger partial charge in [-0.05, 0) is 12.1 Å². The lowest BCUT2D eigenvalue weighted by Gasteiger charge is -2.07. The number of aryl methyl sites for hydroxylation is 1. The lowest BCUT2D eigenvalue weighted by molar-refractivity contribution is 0.782. The maximum atomic E-state index is 6.31. The molecule has 0 aliphatic heterocycles. The Balaban J connectivity index is 2.32. The van der Waals surface area contributed by atoms with Crippen molar-refractivity contribution in [3.8, 4) is 22.4 Å². The van der Waals surface area contributed by atoms with E-state index in [2.05, 4.69) is 5.10 Å². The lowest BCUT2D eigenvalue weighted by Crippen LogP contribution is -1.98. The molecule has 1 heterocycles. The molecule has 0 spiro atoms. The fraction of sp³-hybridized carbons (Fsp3) is 0.0625. The fourth-order valence-corrected chi connectivity index (χ4v) is 2.76. The Morgan fingerprint density at radius 1 is 0.905 bits per heavy atom. The van der Waals surface area contributed by atoms with Gasteiger partial charge in [0, 0.05) is 23.2 Å². The molecule has 0 aliphatic carbocycles. The molecule has 21 heavy (non-hydrogen) atoms. The molecule has 0 bridgehead atoms. The molecular formula is C16H13Cl2N3. The topological polar surface area (TPSA) is 43.8 Å². The van der Waals surface area contributed by atoms with Gasteiger partial charge >= 0.3 is 0 Å². The van der Waals surface area contributed by atoms with Crippen LogP contribution in [0.25, 0.3) is 22.4 Å². The van der Waals surface area contributed by atoms with Gasteiger partial charge in [0.15, 0.2) is 0 Å². The van der Waals surface area contributed by atoms with E-state index in [-0.39, 0.29) is 0 Å². The summed E-state index contributed by atoms with van der Waals surface area (Å²) < 4.78 is 1.64. The summed E-state index contributed by atoms with van der Waals surface area (Å²) in [5.41, 5.74) is 9.40. The largest absolute Gasteiger partial charge is 0.383 e. The molecule has 106 valence electrons. The van der Waals surface area contributed by atoms with E-state index in [4.69, 9.17) is 28.9 Å². The zero-order chi connectivity index (χ0) is 15.0. The van der Waals surface area contributed by atoms with Crippen LogP contribution in [0.5, 0.6) is 0 Å². The van der Waals surface area contributed by atoms with E-state index in [1.54, 1.807) is 11.7 Å². The molecule has 0 saturated carbocycles. The highest BCUT2D eigenvalue weighted by molar-refractivity contribution is 6.34. The number of anilines is 1. The maximum Gasteiger partial charge on any atom is 0.129 e. The first kappa shape index (κ1) is 14.0. The highest BCUT2D eigenvalue weighted by Gasteiger charge is 2.20. The second-order valence-corrected chi connectivity index (χ2v) is 5.51. The number of nitrogens with two attached hydrogens (primary N) is 1. The molecule has 0 radical (unpaired) electrons. The van der Waals surface area contributed by atoms with Crippen LogP contribution in [0.3, 0.4) is 0 Å². The summed E-state index contributed by atoms with van der Waals surface area (Å²) in [5.74, 6) is 0.554. The lowest BCUT2D eigenvalue weighted by atomic mass is 10.0. The molecular weight excluding hydrogens is 305 g/mol. The van der Waals surface area contributed by atoms with Gasteiger partial charge in [0.2, 0.25) is 0 Å². The SMILES string of the molecule is Cn1nc(-c2ccccc2Cl)c(-c2ccccc2Cl)c1N. The summed E-state index contributed by atoms with van der Waals surface area (Å²) in [7, 11) is 1.80. The highest BCUT2D eigenvalue weighted by atomic mass is 35.5. The van der Waals surface area contributed by atoms with Crippen molar-refractivity contribution in [2.75, 3.05) is 5.73 Å². The van der Waals surface area contributed by atoms with Gasteiger partial charge in [-0.3, -0.25) is 4.68 Å². The number of aromatic nitrogens is 2. The average Bonchev–Trinajstić information content (AvgIpc) is 2.76. The van der Waals surface area contributed by atoms with Gasteiger partial charge in [-0.1, -0.05) is 59.6 Å². The minimum absolute atomic E-state index is 0.554. The van der Waals surface area contributed by atoms with Crippen LogP contribution in [0.2, 0.25) is 10.0 Å². The minimum atomic E-state index is 0.554. The van der Waals surface area contributed by atoms with E-state index >= 15 is 0 Å². The van der Waals surface area contributed by atoms with Crippen molar-refractivity contribution in [2.24, 2.45) is 7.05 Å². The third-order valence-electron chi connectivity index (χ3n) is 3.36. The van der Waals surface area contributed by atoms with Crippen LogP contribution in [0, 0.1) is 0 Å². The van der Waals surface area contributed by atoms with E-state index in [0.717, 1.165) is 22.4 Å². The molecule has 3 aromatic rings. The van der Waals surface area contributed by atoms with Gasteiger partial charge in [0.25, 0.3) is 0 Å². The molecule has 3 rings (SSSR count). The van der Waals surface area contributed by atoms with Gasteiger partial charge in [0.1, 0.15) is 11.5 Å². The van der Waals surface area contributed by atoms with E-state index in [9.17, 15) is 0 Å². The quantitative estimate of drug-likeness (QED) is 0.748. The van der Waals surface area contributed by atoms with E-state index < -0.39 is 0 Å². The van der Waals surface area contributed by atoms with Crippen molar-refractivity contribution in [2.45, 2.75) is 0 Å². The third-order valence-corrected chi connectivity index (χ3v) is 4.02. The fourth-order valence-electron chi connectivity index (χ4n) is 2.31. The molecule has 0 unspecified atom stereocenters. The molecule has 0 atom stereocenters. The molecule has 0 fully saturated rings. The predicted octanol–water partition coefficient (Wildman–Crippen LogP) is 4.64. The highest BCUT2D eigenvalue weighted by Crippen LogP contribution is 2.41. The average molecular weight is 318 g/mol. The number of hydrogen-bond donors (Lipinski definition) is 1. The monoisotopic (exact) mass is 317 g/mol. The van der Waals surface area contributed by atoms with E-state index in [1.165, 1.54) is 0 Å². The smallest absolute Gasteiger partial charge is 0.129 e. The predicted molar refractivity (Wildman–Crippen MR) is 88.5 cm³/mol. The Hall–Kier alpha value is -1.97. The minimum Gasteiger partial charge on any atom is -0.383 e. The van der Waals surface area contributed by atoms with Crippen LogP contribution in [0.4, 0.5) is 5.82 Å². The summed E-state index contributed by atoms with van der Waals surface area (Å²) in [6.45, 7) is 0. The van der Waals surface area contributed by atoms with Gasteiger partial charge in [-0.15, -0.1) is 0 Å². The Bertz CT molecular complexity index is 809. The number of benzene rings is 2. The van der Waals surface area contributed by atoms with Crippen molar-refractivity contribution in [1.82, 2.24) is 9.78 Å². The Labute approximate surface area is 132 Å². The summed E-state index contributed by atoms with van der Waals surface area (Å²) in [6, 6.07) is 15.1. The number of hydrogen-bond acceptors (Lipinski definition) is 2. The maximum absolute atomic E-state index is 6.31. The number of nitrogen functional groups attached to an aromatic ring is 1. The standard InChI is InChI=1S/C16H13Cl2N3/c1-21-16(19)14(10-6-2-4-8-12(10)17)15(20-21)11-7-3-5-9-13(11)18/h2-9H,19H2,1H3. The number of nitrogens with zero attached hydrogens (tertiary/aromatic N) is 2. The van der Waals surface area contributed by atoms with Crippen LogP contribution in [0.15, 0.2) is 48.5 Å². The molecule has 0 amide bonds. The van der Waals surface area contributed by atoms with Crippen LogP contribution >= 0.6 is 23.2 Å². The van der Waals surface area contributed by atoms with Gasteiger partial charge in [0.05, 0.1) is 10.6 Å². The van der Waals surface area contributed by atoms with Crippen molar-refractivity contribution in [3.05, 3.63) is 58.6 Å². The van der Waals surface area contributed by atoms with Crippen LogP contribution < -0.4 is 5.73 Å². The second-order valence-electron chi connectivity index (χ2n) is 4.69. The zero-order valence-electron chi connectivity index (χ0n) is 11.3. The molecule has 3 nitrogen and oxygen atoms in total. The second kappa shape index (κ2) is 5.43. The molecule has 0 aliphatic rings. The first-order chi connectivity index (χ1) is 10.1. The van der Waals surface area contributed by atoms with Gasteiger partial charge in [-0.25, -0.2) is 0 Å². The first-order valence-electron chi connectivity index (χ1n) is 6.42. The molecule has 1 aromatic heterocycles.